The molecular weight excluding hydrogens is 266 g/mol. The fourth-order valence-electron chi connectivity index (χ4n) is 1.98. The van der Waals surface area contributed by atoms with E-state index in [4.69, 9.17) is 4.99 Å². The molecular formula is C16H15N3S. The molecule has 0 N–H and O–H groups in total. The second-order valence-electron chi connectivity index (χ2n) is 4.55. The van der Waals surface area contributed by atoms with Gasteiger partial charge in [0.1, 0.15) is 0 Å². The summed E-state index contributed by atoms with van der Waals surface area (Å²) in [5, 5.41) is 2.14. The van der Waals surface area contributed by atoms with E-state index in [1.165, 1.54) is 11.3 Å². The molecule has 0 spiro atoms. The summed E-state index contributed by atoms with van der Waals surface area (Å²) in [6.45, 7) is 2.91. The van der Waals surface area contributed by atoms with Gasteiger partial charge in [-0.3, -0.25) is 4.98 Å². The van der Waals surface area contributed by atoms with E-state index in [0.29, 0.717) is 0 Å². The highest BCUT2D eigenvalue weighted by atomic mass is 32.1. The van der Waals surface area contributed by atoms with Crippen molar-refractivity contribution in [3.05, 3.63) is 76.3 Å². The van der Waals surface area contributed by atoms with Crippen LogP contribution in [-0.2, 0) is 6.54 Å². The van der Waals surface area contributed by atoms with Crippen LogP contribution in [0, 0.1) is 6.92 Å². The van der Waals surface area contributed by atoms with Crippen LogP contribution in [0.3, 0.4) is 0 Å². The summed E-state index contributed by atoms with van der Waals surface area (Å²) in [5.74, 6) is 0. The molecule has 0 aliphatic heterocycles. The zero-order valence-electron chi connectivity index (χ0n) is 11.2. The first kappa shape index (κ1) is 12.8. The van der Waals surface area contributed by atoms with Crippen LogP contribution in [-0.4, -0.2) is 9.55 Å². The molecule has 0 aliphatic carbocycles. The van der Waals surface area contributed by atoms with E-state index in [1.807, 2.05) is 42.6 Å². The normalized spacial score (nSPS) is 11.8. The van der Waals surface area contributed by atoms with Crippen molar-refractivity contribution in [2.24, 2.45) is 4.99 Å². The van der Waals surface area contributed by atoms with Gasteiger partial charge >= 0.3 is 0 Å². The highest BCUT2D eigenvalue weighted by Gasteiger charge is 2.02. The van der Waals surface area contributed by atoms with Crippen molar-refractivity contribution in [2.45, 2.75) is 13.5 Å². The Morgan fingerprint density at radius 1 is 1.15 bits per heavy atom. The third kappa shape index (κ3) is 2.86. The van der Waals surface area contributed by atoms with Gasteiger partial charge in [0.05, 0.1) is 12.2 Å². The number of hydrogen-bond acceptors (Lipinski definition) is 3. The molecule has 0 unspecified atom stereocenters. The number of para-hydroxylation sites is 1. The van der Waals surface area contributed by atoms with Crippen molar-refractivity contribution in [3.63, 3.8) is 0 Å². The van der Waals surface area contributed by atoms with Crippen molar-refractivity contribution in [3.8, 4) is 0 Å². The van der Waals surface area contributed by atoms with Crippen LogP contribution in [0.1, 0.15) is 11.3 Å². The van der Waals surface area contributed by atoms with Gasteiger partial charge in [0.15, 0.2) is 4.80 Å². The Morgan fingerprint density at radius 2 is 2.00 bits per heavy atom. The average molecular weight is 281 g/mol. The summed E-state index contributed by atoms with van der Waals surface area (Å²) in [4.78, 5) is 9.90. The number of hydrogen-bond donors (Lipinski definition) is 0. The molecule has 3 rings (SSSR count). The summed E-state index contributed by atoms with van der Waals surface area (Å²) in [5.41, 5.74) is 3.38. The maximum atomic E-state index is 4.72. The minimum absolute atomic E-state index is 0.800. The number of benzene rings is 1. The van der Waals surface area contributed by atoms with Gasteiger partial charge in [0.25, 0.3) is 0 Å². The zero-order valence-corrected chi connectivity index (χ0v) is 12.0. The second-order valence-corrected chi connectivity index (χ2v) is 5.39. The summed E-state index contributed by atoms with van der Waals surface area (Å²) in [6, 6.07) is 14.1. The Labute approximate surface area is 121 Å². The number of rotatable bonds is 3. The molecule has 20 heavy (non-hydrogen) atoms. The lowest BCUT2D eigenvalue weighted by molar-refractivity contribution is 0.739. The third-order valence-electron chi connectivity index (χ3n) is 3.04. The lowest BCUT2D eigenvalue weighted by Crippen LogP contribution is -2.16. The topological polar surface area (TPSA) is 30.2 Å². The predicted molar refractivity (Wildman–Crippen MR) is 82.1 cm³/mol. The molecule has 0 aliphatic rings. The molecule has 0 fully saturated rings. The number of aryl methyl sites for hydroxylation is 1. The molecule has 0 amide bonds. The number of aromatic nitrogens is 2. The molecule has 2 heterocycles. The van der Waals surface area contributed by atoms with Gasteiger partial charge in [-0.2, -0.15) is 0 Å². The highest BCUT2D eigenvalue weighted by Crippen LogP contribution is 2.11. The molecule has 3 nitrogen and oxygen atoms in total. The van der Waals surface area contributed by atoms with Crippen molar-refractivity contribution in [1.82, 2.24) is 9.55 Å². The van der Waals surface area contributed by atoms with Gasteiger partial charge in [0, 0.05) is 23.5 Å². The number of thiazole rings is 1. The largest absolute Gasteiger partial charge is 0.317 e. The van der Waals surface area contributed by atoms with E-state index in [9.17, 15) is 0 Å². The zero-order chi connectivity index (χ0) is 13.8. The van der Waals surface area contributed by atoms with Crippen LogP contribution in [0.25, 0.3) is 0 Å². The van der Waals surface area contributed by atoms with Crippen LogP contribution >= 0.6 is 11.3 Å². The fourth-order valence-corrected chi connectivity index (χ4v) is 2.88. The van der Waals surface area contributed by atoms with E-state index in [0.717, 1.165) is 17.0 Å². The minimum Gasteiger partial charge on any atom is -0.317 e. The van der Waals surface area contributed by atoms with Gasteiger partial charge in [0.2, 0.25) is 0 Å². The Kier molecular flexibility index (Phi) is 3.74. The molecule has 0 atom stereocenters. The first-order valence-electron chi connectivity index (χ1n) is 6.46. The molecule has 0 radical (unpaired) electrons. The van der Waals surface area contributed by atoms with Crippen LogP contribution in [0.4, 0.5) is 5.69 Å². The fraction of sp³-hybridized carbons (Fsp3) is 0.125. The first-order valence-corrected chi connectivity index (χ1v) is 7.34. The van der Waals surface area contributed by atoms with E-state index < -0.39 is 0 Å². The Bertz CT molecular complexity index is 742. The van der Waals surface area contributed by atoms with Gasteiger partial charge in [-0.25, -0.2) is 4.99 Å². The van der Waals surface area contributed by atoms with E-state index >= 15 is 0 Å². The Morgan fingerprint density at radius 3 is 2.75 bits per heavy atom. The number of pyridine rings is 1. The van der Waals surface area contributed by atoms with E-state index in [-0.39, 0.29) is 0 Å². The van der Waals surface area contributed by atoms with Gasteiger partial charge in [-0.1, -0.05) is 24.3 Å². The van der Waals surface area contributed by atoms with Gasteiger partial charge < -0.3 is 4.57 Å². The van der Waals surface area contributed by atoms with E-state index in [1.54, 1.807) is 17.5 Å². The van der Waals surface area contributed by atoms with Gasteiger partial charge in [-0.05, 0) is 30.7 Å². The standard InChI is InChI=1S/C16H15N3S/c1-13-12-20-16(18-15-7-3-2-4-8-15)19(13)11-14-6-5-9-17-10-14/h2-10,12H,11H2,1H3. The lowest BCUT2D eigenvalue weighted by Gasteiger charge is -2.05. The van der Waals surface area contributed by atoms with Crippen LogP contribution in [0.5, 0.6) is 0 Å². The van der Waals surface area contributed by atoms with Gasteiger partial charge in [-0.15, -0.1) is 11.3 Å². The minimum atomic E-state index is 0.800. The third-order valence-corrected chi connectivity index (χ3v) is 4.02. The predicted octanol–water partition coefficient (Wildman–Crippen LogP) is 3.53. The van der Waals surface area contributed by atoms with E-state index in [2.05, 4.69) is 27.9 Å². The molecule has 0 saturated carbocycles. The van der Waals surface area contributed by atoms with Crippen molar-refractivity contribution in [1.29, 1.82) is 0 Å². The van der Waals surface area contributed by atoms with Crippen LogP contribution in [0.15, 0.2) is 65.2 Å². The summed E-state index contributed by atoms with van der Waals surface area (Å²) in [6.07, 6.45) is 3.69. The highest BCUT2D eigenvalue weighted by molar-refractivity contribution is 7.07. The second kappa shape index (κ2) is 5.84. The first-order chi connectivity index (χ1) is 9.83. The Balaban J connectivity index is 2.00. The molecule has 3 aromatic rings. The SMILES string of the molecule is Cc1csc(=Nc2ccccc2)n1Cc1cccnc1. The summed E-state index contributed by atoms with van der Waals surface area (Å²) >= 11 is 1.67. The average Bonchev–Trinajstić information content (AvgIpc) is 2.83. The molecule has 0 bridgehead atoms. The molecule has 4 heteroatoms. The summed E-state index contributed by atoms with van der Waals surface area (Å²) < 4.78 is 2.22. The smallest absolute Gasteiger partial charge is 0.190 e. The van der Waals surface area contributed by atoms with Crippen molar-refractivity contribution < 1.29 is 0 Å². The molecule has 1 aromatic carbocycles. The van der Waals surface area contributed by atoms with Crippen LogP contribution in [0.2, 0.25) is 0 Å². The quantitative estimate of drug-likeness (QED) is 0.722. The maximum Gasteiger partial charge on any atom is 0.190 e. The Hall–Kier alpha value is -2.20. The molecule has 100 valence electrons. The molecule has 0 saturated heterocycles. The number of nitrogens with zero attached hydrogens (tertiary/aromatic N) is 3. The maximum absolute atomic E-state index is 4.72. The lowest BCUT2D eigenvalue weighted by atomic mass is 10.3. The molecule has 2 aromatic heterocycles. The van der Waals surface area contributed by atoms with Crippen molar-refractivity contribution in [2.75, 3.05) is 0 Å². The summed E-state index contributed by atoms with van der Waals surface area (Å²) in [7, 11) is 0. The van der Waals surface area contributed by atoms with Crippen molar-refractivity contribution >= 4 is 17.0 Å². The monoisotopic (exact) mass is 281 g/mol. The van der Waals surface area contributed by atoms with Crippen LogP contribution < -0.4 is 4.80 Å².